The van der Waals surface area contributed by atoms with Gasteiger partial charge in [-0.15, -0.1) is 0 Å². The number of alkyl halides is 3. The highest BCUT2D eigenvalue weighted by Gasteiger charge is 2.31. The number of hydrogen-bond donors (Lipinski definition) is 0. The van der Waals surface area contributed by atoms with Crippen LogP contribution in [0.15, 0.2) is 23.6 Å². The van der Waals surface area contributed by atoms with E-state index < -0.39 is 11.7 Å². The average molecular weight is 356 g/mol. The molecule has 0 saturated carbocycles. The molecule has 25 heavy (non-hydrogen) atoms. The molecule has 0 radical (unpaired) electrons. The highest BCUT2D eigenvalue weighted by Crippen LogP contribution is 2.29. The van der Waals surface area contributed by atoms with Gasteiger partial charge in [0.25, 0.3) is 0 Å². The molecule has 2 aromatic heterocycles. The molecule has 0 spiro atoms. The van der Waals surface area contributed by atoms with Crippen LogP contribution < -0.4 is 9.47 Å². The van der Waals surface area contributed by atoms with Gasteiger partial charge in [0.15, 0.2) is 6.61 Å². The van der Waals surface area contributed by atoms with Crippen molar-refractivity contribution in [2.24, 2.45) is 5.16 Å². The predicted octanol–water partition coefficient (Wildman–Crippen LogP) is 2.77. The number of rotatable bonds is 6. The second kappa shape index (κ2) is 7.77. The zero-order valence-corrected chi connectivity index (χ0v) is 13.7. The monoisotopic (exact) mass is 356 g/mol. The summed E-state index contributed by atoms with van der Waals surface area (Å²) >= 11 is 0. The molecule has 0 atom stereocenters. The second-order valence-electron chi connectivity index (χ2n) is 4.80. The minimum Gasteiger partial charge on any atom is -0.481 e. The Labute approximate surface area is 141 Å². The van der Waals surface area contributed by atoms with Gasteiger partial charge in [-0.05, 0) is 19.1 Å². The predicted molar refractivity (Wildman–Crippen MR) is 81.5 cm³/mol. The van der Waals surface area contributed by atoms with Crippen LogP contribution in [0, 0.1) is 6.92 Å². The molecule has 0 amide bonds. The van der Waals surface area contributed by atoms with Gasteiger partial charge in [-0.1, -0.05) is 5.16 Å². The lowest BCUT2D eigenvalue weighted by Crippen LogP contribution is -2.07. The summed E-state index contributed by atoms with van der Waals surface area (Å²) in [7, 11) is 2.84. The molecule has 0 fully saturated rings. The van der Waals surface area contributed by atoms with Crippen molar-refractivity contribution in [2.45, 2.75) is 19.7 Å². The molecule has 0 unspecified atom stereocenters. The fourth-order valence-electron chi connectivity index (χ4n) is 1.97. The van der Waals surface area contributed by atoms with E-state index in [1.54, 1.807) is 0 Å². The normalized spacial score (nSPS) is 11.6. The smallest absolute Gasteiger partial charge is 0.416 e. The van der Waals surface area contributed by atoms with E-state index in [-0.39, 0.29) is 29.8 Å². The summed E-state index contributed by atoms with van der Waals surface area (Å²) in [6.07, 6.45) is -2.11. The van der Waals surface area contributed by atoms with Gasteiger partial charge < -0.3 is 14.3 Å². The third-order valence-electron chi connectivity index (χ3n) is 3.02. The third kappa shape index (κ3) is 4.78. The molecular formula is C15H15F3N4O3. The zero-order valence-electron chi connectivity index (χ0n) is 13.7. The van der Waals surface area contributed by atoms with Gasteiger partial charge in [0.2, 0.25) is 11.8 Å². The molecule has 0 bridgehead atoms. The van der Waals surface area contributed by atoms with Crippen molar-refractivity contribution >= 4 is 6.21 Å². The number of pyridine rings is 1. The molecule has 2 heterocycles. The van der Waals surface area contributed by atoms with Crippen LogP contribution in [-0.2, 0) is 17.6 Å². The molecule has 2 aromatic rings. The van der Waals surface area contributed by atoms with E-state index in [0.717, 1.165) is 18.3 Å². The largest absolute Gasteiger partial charge is 0.481 e. The number of oxime groups is 1. The molecule has 0 aliphatic heterocycles. The first kappa shape index (κ1) is 18.4. The van der Waals surface area contributed by atoms with Crippen LogP contribution in [0.5, 0.6) is 11.8 Å². The summed E-state index contributed by atoms with van der Waals surface area (Å²) in [6.45, 7) is 1.37. The summed E-state index contributed by atoms with van der Waals surface area (Å²) in [6, 6.07) is 1.84. The standard InChI is InChI=1S/C15H15F3N4O3/c1-9-4-10(15(16,17)18)5-11(22-9)6-21-25-7-12-13(23-2)19-8-20-14(12)24-3/h4-6,8H,7H2,1-3H3/b21-6+. The van der Waals surface area contributed by atoms with Crippen molar-refractivity contribution in [3.8, 4) is 11.8 Å². The van der Waals surface area contributed by atoms with Crippen molar-refractivity contribution in [2.75, 3.05) is 14.2 Å². The maximum absolute atomic E-state index is 12.8. The topological polar surface area (TPSA) is 78.7 Å². The van der Waals surface area contributed by atoms with Crippen LogP contribution in [0.1, 0.15) is 22.5 Å². The minimum absolute atomic E-state index is 0.0237. The number of hydrogen-bond acceptors (Lipinski definition) is 7. The van der Waals surface area contributed by atoms with E-state index >= 15 is 0 Å². The van der Waals surface area contributed by atoms with Crippen molar-refractivity contribution < 1.29 is 27.5 Å². The molecule has 0 aliphatic carbocycles. The van der Waals surface area contributed by atoms with Crippen LogP contribution in [0.25, 0.3) is 0 Å². The van der Waals surface area contributed by atoms with E-state index in [4.69, 9.17) is 14.3 Å². The van der Waals surface area contributed by atoms with E-state index in [1.165, 1.54) is 27.5 Å². The molecule has 0 aliphatic rings. The van der Waals surface area contributed by atoms with Crippen molar-refractivity contribution in [3.63, 3.8) is 0 Å². The summed E-state index contributed by atoms with van der Waals surface area (Å²) < 4.78 is 48.5. The Bertz CT molecular complexity index is 744. The van der Waals surface area contributed by atoms with Crippen LogP contribution >= 0.6 is 0 Å². The van der Waals surface area contributed by atoms with Crippen molar-refractivity contribution in [1.82, 2.24) is 15.0 Å². The van der Waals surface area contributed by atoms with Crippen molar-refractivity contribution in [3.05, 3.63) is 41.0 Å². The Kier molecular flexibility index (Phi) is 5.73. The quantitative estimate of drug-likeness (QED) is 0.585. The highest BCUT2D eigenvalue weighted by atomic mass is 19.4. The fraction of sp³-hybridized carbons (Fsp3) is 0.333. The molecule has 2 rings (SSSR count). The van der Waals surface area contributed by atoms with Gasteiger partial charge >= 0.3 is 6.18 Å². The molecule has 0 saturated heterocycles. The van der Waals surface area contributed by atoms with Crippen LogP contribution in [0.2, 0.25) is 0 Å². The SMILES string of the molecule is COc1ncnc(OC)c1CO/N=C/c1cc(C(F)(F)F)cc(C)n1. The summed E-state index contributed by atoms with van der Waals surface area (Å²) in [5.74, 6) is 0.491. The zero-order chi connectivity index (χ0) is 18.4. The molecule has 10 heteroatoms. The fourth-order valence-corrected chi connectivity index (χ4v) is 1.97. The summed E-state index contributed by atoms with van der Waals surface area (Å²) in [5, 5.41) is 3.63. The van der Waals surface area contributed by atoms with Crippen LogP contribution in [-0.4, -0.2) is 35.4 Å². The van der Waals surface area contributed by atoms with Gasteiger partial charge in [0, 0.05) is 5.69 Å². The van der Waals surface area contributed by atoms with Gasteiger partial charge in [-0.2, -0.15) is 13.2 Å². The van der Waals surface area contributed by atoms with Gasteiger partial charge in [-0.3, -0.25) is 4.98 Å². The molecule has 7 nitrogen and oxygen atoms in total. The Morgan fingerprint density at radius 1 is 1.12 bits per heavy atom. The molecule has 134 valence electrons. The van der Waals surface area contributed by atoms with Gasteiger partial charge in [0.05, 0.1) is 31.7 Å². The van der Waals surface area contributed by atoms with Crippen LogP contribution in [0.3, 0.4) is 0 Å². The molecular weight excluding hydrogens is 341 g/mol. The van der Waals surface area contributed by atoms with Crippen molar-refractivity contribution in [1.29, 1.82) is 0 Å². The second-order valence-corrected chi connectivity index (χ2v) is 4.80. The maximum Gasteiger partial charge on any atom is 0.416 e. The van der Waals surface area contributed by atoms with E-state index in [0.29, 0.717) is 5.56 Å². The molecule has 0 aromatic carbocycles. The third-order valence-corrected chi connectivity index (χ3v) is 3.02. The number of nitrogens with zero attached hydrogens (tertiary/aromatic N) is 4. The Morgan fingerprint density at radius 2 is 1.76 bits per heavy atom. The number of methoxy groups -OCH3 is 2. The maximum atomic E-state index is 12.8. The number of ether oxygens (including phenoxy) is 2. The number of aryl methyl sites for hydroxylation is 1. The van der Waals surface area contributed by atoms with E-state index in [9.17, 15) is 13.2 Å². The van der Waals surface area contributed by atoms with Gasteiger partial charge in [-0.25, -0.2) is 9.97 Å². The van der Waals surface area contributed by atoms with E-state index in [2.05, 4.69) is 20.1 Å². The molecule has 0 N–H and O–H groups in total. The Hall–Kier alpha value is -2.91. The summed E-state index contributed by atoms with van der Waals surface area (Å²) in [5.41, 5.74) is -0.147. The Morgan fingerprint density at radius 3 is 2.32 bits per heavy atom. The first-order chi connectivity index (χ1) is 11.8. The lowest BCUT2D eigenvalue weighted by atomic mass is 10.2. The number of halogens is 3. The first-order valence-electron chi connectivity index (χ1n) is 6.98. The average Bonchev–Trinajstić information content (AvgIpc) is 2.57. The lowest BCUT2D eigenvalue weighted by molar-refractivity contribution is -0.137. The lowest BCUT2D eigenvalue weighted by Gasteiger charge is -2.09. The summed E-state index contributed by atoms with van der Waals surface area (Å²) in [4.78, 5) is 16.9. The van der Waals surface area contributed by atoms with E-state index in [1.807, 2.05) is 0 Å². The first-order valence-corrected chi connectivity index (χ1v) is 6.98. The van der Waals surface area contributed by atoms with Gasteiger partial charge in [0.1, 0.15) is 11.9 Å². The highest BCUT2D eigenvalue weighted by molar-refractivity contribution is 5.76. The Balaban J connectivity index is 2.12. The van der Waals surface area contributed by atoms with Crippen LogP contribution in [0.4, 0.5) is 13.2 Å². The minimum atomic E-state index is -4.46. The number of aromatic nitrogens is 3.